The Morgan fingerprint density at radius 1 is 0.290 bits per heavy atom. The molecule has 12 rings (SSSR count). The Bertz CT molecular complexity index is 3620. The summed E-state index contributed by atoms with van der Waals surface area (Å²) in [5.41, 5.74) is 14.1. The summed E-state index contributed by atoms with van der Waals surface area (Å²) in [6.07, 6.45) is 0. The smallest absolute Gasteiger partial charge is 0.0547 e. The van der Waals surface area contributed by atoms with Crippen LogP contribution in [0.1, 0.15) is 0 Å². The molecular weight excluding hydrogens is 749 g/mol. The second-order valence-corrected chi connectivity index (χ2v) is 16.1. The molecule has 0 fully saturated rings. The van der Waals surface area contributed by atoms with Crippen molar-refractivity contribution in [2.75, 3.05) is 4.90 Å². The predicted octanol–water partition coefficient (Wildman–Crippen LogP) is 16.7. The topological polar surface area (TPSA) is 8.17 Å². The van der Waals surface area contributed by atoms with E-state index in [2.05, 4.69) is 252 Å². The van der Waals surface area contributed by atoms with Crippen molar-refractivity contribution in [3.63, 3.8) is 0 Å². The fourth-order valence-corrected chi connectivity index (χ4v) is 9.70. The van der Waals surface area contributed by atoms with Crippen LogP contribution in [0.3, 0.4) is 0 Å². The first-order chi connectivity index (χ1) is 30.8. The van der Waals surface area contributed by atoms with Crippen molar-refractivity contribution in [1.29, 1.82) is 0 Å². The monoisotopic (exact) mass is 788 g/mol. The number of anilines is 3. The van der Waals surface area contributed by atoms with Gasteiger partial charge in [-0.1, -0.05) is 182 Å². The molecule has 12 aromatic rings. The lowest BCUT2D eigenvalue weighted by atomic mass is 9.94. The number of hydrogen-bond acceptors (Lipinski definition) is 1. The second kappa shape index (κ2) is 14.8. The van der Waals surface area contributed by atoms with E-state index in [9.17, 15) is 0 Å². The zero-order chi connectivity index (χ0) is 41.0. The minimum absolute atomic E-state index is 1.09. The highest BCUT2D eigenvalue weighted by Crippen LogP contribution is 2.46. The van der Waals surface area contributed by atoms with Crippen LogP contribution in [0.15, 0.2) is 243 Å². The van der Waals surface area contributed by atoms with E-state index >= 15 is 0 Å². The van der Waals surface area contributed by atoms with Crippen LogP contribution in [-0.2, 0) is 0 Å². The van der Waals surface area contributed by atoms with Crippen molar-refractivity contribution < 1.29 is 0 Å². The molecule has 0 aliphatic heterocycles. The first-order valence-electron chi connectivity index (χ1n) is 21.3. The number of aromatic nitrogens is 1. The summed E-state index contributed by atoms with van der Waals surface area (Å²) < 4.78 is 2.43. The maximum absolute atomic E-state index is 2.45. The zero-order valence-electron chi connectivity index (χ0n) is 34.0. The fraction of sp³-hybridized carbons (Fsp3) is 0. The molecule has 290 valence electrons. The summed E-state index contributed by atoms with van der Waals surface area (Å²) in [4.78, 5) is 2.45. The molecule has 2 nitrogen and oxygen atoms in total. The molecule has 0 saturated heterocycles. The lowest BCUT2D eigenvalue weighted by Crippen LogP contribution is -2.11. The molecule has 1 aromatic heterocycles. The highest BCUT2D eigenvalue weighted by molar-refractivity contribution is 6.19. The quantitative estimate of drug-likeness (QED) is 0.146. The molecule has 0 spiro atoms. The molecule has 0 unspecified atom stereocenters. The third-order valence-electron chi connectivity index (χ3n) is 12.5. The third-order valence-corrected chi connectivity index (χ3v) is 12.5. The van der Waals surface area contributed by atoms with E-state index in [-0.39, 0.29) is 0 Å². The Labute approximate surface area is 360 Å². The molecule has 0 radical (unpaired) electrons. The van der Waals surface area contributed by atoms with Crippen molar-refractivity contribution in [1.82, 2.24) is 4.57 Å². The fourth-order valence-electron chi connectivity index (χ4n) is 9.70. The number of fused-ring (bicyclic) bond motifs is 7. The van der Waals surface area contributed by atoms with Crippen molar-refractivity contribution in [2.45, 2.75) is 0 Å². The van der Waals surface area contributed by atoms with Gasteiger partial charge in [-0.05, 0) is 121 Å². The molecule has 0 aliphatic rings. The molecule has 1 heterocycles. The van der Waals surface area contributed by atoms with Crippen LogP contribution in [0.5, 0.6) is 0 Å². The summed E-state index contributed by atoms with van der Waals surface area (Å²) in [6, 6.07) is 88.5. The maximum atomic E-state index is 2.45. The van der Waals surface area contributed by atoms with Gasteiger partial charge in [0.2, 0.25) is 0 Å². The molecule has 0 N–H and O–H groups in total. The summed E-state index contributed by atoms with van der Waals surface area (Å²) in [7, 11) is 0. The summed E-state index contributed by atoms with van der Waals surface area (Å²) in [5, 5.41) is 9.86. The molecular formula is C60H40N2. The first-order valence-corrected chi connectivity index (χ1v) is 21.3. The van der Waals surface area contributed by atoms with E-state index in [0.29, 0.717) is 0 Å². The maximum Gasteiger partial charge on any atom is 0.0547 e. The van der Waals surface area contributed by atoms with Gasteiger partial charge in [-0.3, -0.25) is 0 Å². The van der Waals surface area contributed by atoms with Gasteiger partial charge in [0.05, 0.1) is 16.7 Å². The lowest BCUT2D eigenvalue weighted by molar-refractivity contribution is 1.18. The number of benzene rings is 11. The number of para-hydroxylation sites is 1. The first kappa shape index (κ1) is 35.7. The SMILES string of the molecule is c1ccc(-c2ccccc2-c2ccc(N(c3cccc(-c4cccc5c4c4cc6ccccc6cc4n5-c4ccccc4)c3)c3cc4ccccc4c4ccccc34)cc2)cc1. The third kappa shape index (κ3) is 5.96. The Morgan fingerprint density at radius 2 is 0.855 bits per heavy atom. The Hall–Kier alpha value is -8.20. The average molecular weight is 789 g/mol. The highest BCUT2D eigenvalue weighted by atomic mass is 15.1. The standard InChI is InChI=1S/C60H40N2/c1-3-17-41(18-4-1)50-26-11-12-27-51(50)42-33-35-48(36-34-42)61(58-40-46-21-9-10-28-52(46)54-29-13-14-30-55(54)58)49-25-15-22-45(37-49)53-31-16-32-57-60(53)56-38-43-19-7-8-20-44(43)39-59(56)62(57)47-23-5-2-6-24-47/h1-40H. The zero-order valence-corrected chi connectivity index (χ0v) is 34.0. The number of nitrogens with zero attached hydrogens (tertiary/aromatic N) is 2. The molecule has 2 heteroatoms. The molecule has 0 aliphatic carbocycles. The molecule has 0 saturated carbocycles. The number of hydrogen-bond donors (Lipinski definition) is 0. The molecule has 0 bridgehead atoms. The van der Waals surface area contributed by atoms with Crippen molar-refractivity contribution in [3.8, 4) is 39.1 Å². The van der Waals surface area contributed by atoms with E-state index in [1.807, 2.05) is 0 Å². The minimum atomic E-state index is 1.09. The van der Waals surface area contributed by atoms with Crippen LogP contribution >= 0.6 is 0 Å². The van der Waals surface area contributed by atoms with Gasteiger partial charge in [0.1, 0.15) is 0 Å². The van der Waals surface area contributed by atoms with Crippen LogP contribution in [0.4, 0.5) is 17.1 Å². The van der Waals surface area contributed by atoms with E-state index in [1.165, 1.54) is 81.9 Å². The van der Waals surface area contributed by atoms with Crippen molar-refractivity contribution in [2.24, 2.45) is 0 Å². The van der Waals surface area contributed by atoms with Gasteiger partial charge in [0, 0.05) is 33.2 Å². The Kier molecular flexibility index (Phi) is 8.53. The normalized spacial score (nSPS) is 11.5. The van der Waals surface area contributed by atoms with Gasteiger partial charge in [-0.2, -0.15) is 0 Å². The van der Waals surface area contributed by atoms with Gasteiger partial charge in [-0.25, -0.2) is 0 Å². The van der Waals surface area contributed by atoms with E-state index < -0.39 is 0 Å². The number of rotatable bonds is 7. The summed E-state index contributed by atoms with van der Waals surface area (Å²) >= 11 is 0. The molecule has 62 heavy (non-hydrogen) atoms. The second-order valence-electron chi connectivity index (χ2n) is 16.1. The van der Waals surface area contributed by atoms with E-state index in [0.717, 1.165) is 28.3 Å². The van der Waals surface area contributed by atoms with E-state index in [4.69, 9.17) is 0 Å². The van der Waals surface area contributed by atoms with Gasteiger partial charge < -0.3 is 9.47 Å². The van der Waals surface area contributed by atoms with Gasteiger partial charge >= 0.3 is 0 Å². The Balaban J connectivity index is 1.08. The van der Waals surface area contributed by atoms with Crippen molar-refractivity contribution >= 4 is 71.2 Å². The summed E-state index contributed by atoms with van der Waals surface area (Å²) in [6.45, 7) is 0. The van der Waals surface area contributed by atoms with Crippen LogP contribution < -0.4 is 4.90 Å². The lowest BCUT2D eigenvalue weighted by Gasteiger charge is -2.28. The van der Waals surface area contributed by atoms with Crippen LogP contribution in [0.2, 0.25) is 0 Å². The van der Waals surface area contributed by atoms with Crippen LogP contribution in [0.25, 0.3) is 93.2 Å². The predicted molar refractivity (Wildman–Crippen MR) is 264 cm³/mol. The van der Waals surface area contributed by atoms with Gasteiger partial charge in [0.15, 0.2) is 0 Å². The van der Waals surface area contributed by atoms with Gasteiger partial charge in [0.25, 0.3) is 0 Å². The van der Waals surface area contributed by atoms with Crippen LogP contribution in [0, 0.1) is 0 Å². The Morgan fingerprint density at radius 3 is 1.61 bits per heavy atom. The minimum Gasteiger partial charge on any atom is -0.310 e. The van der Waals surface area contributed by atoms with Crippen molar-refractivity contribution in [3.05, 3.63) is 243 Å². The van der Waals surface area contributed by atoms with Crippen LogP contribution in [-0.4, -0.2) is 4.57 Å². The highest BCUT2D eigenvalue weighted by Gasteiger charge is 2.21. The largest absolute Gasteiger partial charge is 0.310 e. The molecule has 0 amide bonds. The summed E-state index contributed by atoms with van der Waals surface area (Å²) in [5.74, 6) is 0. The average Bonchev–Trinajstić information content (AvgIpc) is 3.67. The molecule has 0 atom stereocenters. The van der Waals surface area contributed by atoms with E-state index in [1.54, 1.807) is 0 Å². The van der Waals surface area contributed by atoms with Gasteiger partial charge in [-0.15, -0.1) is 0 Å². The molecule has 11 aromatic carbocycles.